The number of hydrogen-bond acceptors (Lipinski definition) is 6. The fourth-order valence-electron chi connectivity index (χ4n) is 2.83. The van der Waals surface area contributed by atoms with Crippen LogP contribution in [0.3, 0.4) is 0 Å². The minimum Gasteiger partial charge on any atom is -0.378 e. The van der Waals surface area contributed by atoms with Gasteiger partial charge in [-0.1, -0.05) is 0 Å². The lowest BCUT2D eigenvalue weighted by Crippen LogP contribution is -2.28. The average Bonchev–Trinajstić information content (AvgIpc) is 3.05. The first-order valence-electron chi connectivity index (χ1n) is 7.48. The fourth-order valence-corrected chi connectivity index (χ4v) is 3.26. The van der Waals surface area contributed by atoms with Crippen molar-refractivity contribution in [1.82, 2.24) is 14.5 Å². The number of aromatic nitrogens is 3. The summed E-state index contributed by atoms with van der Waals surface area (Å²) in [6.45, 7) is 2.90. The van der Waals surface area contributed by atoms with Gasteiger partial charge in [-0.25, -0.2) is 4.79 Å². The Bertz CT molecular complexity index is 841. The molecule has 1 saturated heterocycles. The van der Waals surface area contributed by atoms with Crippen LogP contribution >= 0.6 is 7.60 Å². The van der Waals surface area contributed by atoms with E-state index in [1.54, 1.807) is 6.20 Å². The Hall–Kier alpha value is -1.51. The van der Waals surface area contributed by atoms with Crippen LogP contribution in [0.1, 0.15) is 18.3 Å². The third-order valence-corrected chi connectivity index (χ3v) is 4.57. The summed E-state index contributed by atoms with van der Waals surface area (Å²) in [5.41, 5.74) is 1.00. The van der Waals surface area contributed by atoms with Gasteiger partial charge in [-0.15, -0.1) is 0 Å². The number of H-pyrrole nitrogens is 1. The highest BCUT2D eigenvalue weighted by Gasteiger charge is 2.38. The van der Waals surface area contributed by atoms with Crippen LogP contribution in [0.5, 0.6) is 0 Å². The summed E-state index contributed by atoms with van der Waals surface area (Å²) in [5, 5.41) is 0.804. The molecule has 0 radical (unpaired) electrons. The largest absolute Gasteiger partial charge is 0.378 e. The number of methoxy groups -OCH3 is 1. The monoisotopic (exact) mass is 357 g/mol. The van der Waals surface area contributed by atoms with Crippen molar-refractivity contribution < 1.29 is 23.5 Å². The lowest BCUT2D eigenvalue weighted by atomic mass is 10.2. The number of rotatable bonds is 5. The molecule has 3 heterocycles. The normalized spacial score (nSPS) is 26.8. The first-order valence-corrected chi connectivity index (χ1v) is 9.51. The van der Waals surface area contributed by atoms with Crippen LogP contribution in [-0.4, -0.2) is 52.0 Å². The van der Waals surface area contributed by atoms with E-state index < -0.39 is 25.6 Å². The van der Waals surface area contributed by atoms with E-state index in [0.29, 0.717) is 12.1 Å². The first-order chi connectivity index (χ1) is 11.3. The molecule has 2 aromatic rings. The molecule has 0 saturated carbocycles. The molecule has 0 spiro atoms. The Balaban J connectivity index is 1.83. The summed E-state index contributed by atoms with van der Waals surface area (Å²) in [7, 11) is -2.09. The second kappa shape index (κ2) is 6.42. The molecule has 0 bridgehead atoms. The van der Waals surface area contributed by atoms with Crippen molar-refractivity contribution in [3.8, 4) is 0 Å². The number of aromatic amines is 1. The molecule has 2 aromatic heterocycles. The van der Waals surface area contributed by atoms with Gasteiger partial charge in [0.1, 0.15) is 18.0 Å². The van der Waals surface area contributed by atoms with Crippen LogP contribution < -0.4 is 5.69 Å². The summed E-state index contributed by atoms with van der Waals surface area (Å²) in [6, 6.07) is 1.89. The minimum atomic E-state index is -3.61. The summed E-state index contributed by atoms with van der Waals surface area (Å²) in [4.78, 5) is 28.5. The summed E-state index contributed by atoms with van der Waals surface area (Å²) in [6.07, 6.45) is 0.637. The van der Waals surface area contributed by atoms with Gasteiger partial charge in [-0.3, -0.25) is 9.13 Å². The zero-order chi connectivity index (χ0) is 17.5. The summed E-state index contributed by atoms with van der Waals surface area (Å²) >= 11 is 0. The fraction of sp³-hybridized carbons (Fsp3) is 0.571. The maximum atomic E-state index is 12.2. The molecule has 1 fully saturated rings. The second-order valence-corrected chi connectivity index (χ2v) is 7.79. The van der Waals surface area contributed by atoms with Crippen molar-refractivity contribution in [2.24, 2.45) is 0 Å². The van der Waals surface area contributed by atoms with E-state index in [0.717, 1.165) is 17.7 Å². The molecule has 1 aliphatic heterocycles. The molecule has 0 amide bonds. The number of nitrogens with one attached hydrogen (secondary N) is 1. The molecular formula is C14H20N3O6P. The molecule has 9 nitrogen and oxygen atoms in total. The molecule has 10 heteroatoms. The standard InChI is InChI=1S/C14H20N3O6P/c1-8-4-9-6-17(14(18)16-13(9)15-8)12-5-10(21-2)11(23-12)7-22-24(3,19)20/h4,6,10-12H,5,7H2,1-3H3,(H,19,20)(H,15,16,18)/t10?,11-,12-/m1/s1. The SMILES string of the molecule is COC1C[C@H](n2cc3cc(C)[nH]c3nc2=O)O[C@@H]1COP(C)(=O)O. The lowest BCUT2D eigenvalue weighted by molar-refractivity contribution is -0.0497. The van der Waals surface area contributed by atoms with Gasteiger partial charge in [0, 0.05) is 37.5 Å². The number of fused-ring (bicyclic) bond motifs is 1. The highest BCUT2D eigenvalue weighted by Crippen LogP contribution is 2.39. The predicted molar refractivity (Wildman–Crippen MR) is 86.1 cm³/mol. The van der Waals surface area contributed by atoms with E-state index in [1.807, 2.05) is 13.0 Å². The molecular weight excluding hydrogens is 337 g/mol. The van der Waals surface area contributed by atoms with Gasteiger partial charge in [0.25, 0.3) is 0 Å². The number of nitrogens with zero attached hydrogens (tertiary/aromatic N) is 2. The van der Waals surface area contributed by atoms with Crippen molar-refractivity contribution >= 4 is 18.6 Å². The lowest BCUT2D eigenvalue weighted by Gasteiger charge is -2.18. The van der Waals surface area contributed by atoms with Crippen molar-refractivity contribution in [2.45, 2.75) is 31.8 Å². The first kappa shape index (κ1) is 17.3. The third kappa shape index (κ3) is 3.60. The van der Waals surface area contributed by atoms with Gasteiger partial charge in [-0.05, 0) is 13.0 Å². The Morgan fingerprint density at radius 3 is 3.00 bits per heavy atom. The van der Waals surface area contributed by atoms with Gasteiger partial charge >= 0.3 is 13.3 Å². The van der Waals surface area contributed by atoms with Crippen LogP contribution in [0.4, 0.5) is 0 Å². The van der Waals surface area contributed by atoms with Crippen LogP contribution in [0.15, 0.2) is 17.1 Å². The maximum absolute atomic E-state index is 12.2. The minimum absolute atomic E-state index is 0.0903. The Morgan fingerprint density at radius 1 is 1.58 bits per heavy atom. The molecule has 24 heavy (non-hydrogen) atoms. The topological polar surface area (TPSA) is 116 Å². The van der Waals surface area contributed by atoms with Gasteiger partial charge in [0.15, 0.2) is 0 Å². The van der Waals surface area contributed by atoms with Crippen molar-refractivity contribution in [2.75, 3.05) is 20.4 Å². The molecule has 2 N–H and O–H groups in total. The Kier molecular flexibility index (Phi) is 4.63. The van der Waals surface area contributed by atoms with Crippen LogP contribution in [0.2, 0.25) is 0 Å². The van der Waals surface area contributed by atoms with Crippen LogP contribution in [0.25, 0.3) is 11.0 Å². The molecule has 0 aromatic carbocycles. The van der Waals surface area contributed by atoms with Gasteiger partial charge in [-0.2, -0.15) is 4.98 Å². The van der Waals surface area contributed by atoms with E-state index >= 15 is 0 Å². The highest BCUT2D eigenvalue weighted by atomic mass is 31.2. The molecule has 3 rings (SSSR count). The van der Waals surface area contributed by atoms with E-state index in [2.05, 4.69) is 9.97 Å². The molecule has 0 aliphatic carbocycles. The maximum Gasteiger partial charge on any atom is 0.351 e. The van der Waals surface area contributed by atoms with E-state index in [-0.39, 0.29) is 12.7 Å². The van der Waals surface area contributed by atoms with E-state index in [4.69, 9.17) is 14.0 Å². The third-order valence-electron chi connectivity index (χ3n) is 3.94. The number of ether oxygens (including phenoxy) is 2. The molecule has 1 aliphatic rings. The van der Waals surface area contributed by atoms with E-state index in [9.17, 15) is 14.3 Å². The molecule has 4 atom stereocenters. The highest BCUT2D eigenvalue weighted by molar-refractivity contribution is 7.51. The van der Waals surface area contributed by atoms with Gasteiger partial charge < -0.3 is 23.9 Å². The van der Waals surface area contributed by atoms with Crippen molar-refractivity contribution in [3.05, 3.63) is 28.4 Å². The zero-order valence-corrected chi connectivity index (χ0v) is 14.5. The summed E-state index contributed by atoms with van der Waals surface area (Å²) < 4.78 is 28.8. The van der Waals surface area contributed by atoms with Crippen molar-refractivity contribution in [3.63, 3.8) is 0 Å². The van der Waals surface area contributed by atoms with Crippen LogP contribution in [-0.2, 0) is 18.6 Å². The second-order valence-electron chi connectivity index (χ2n) is 5.92. The molecule has 132 valence electrons. The number of hydrogen-bond donors (Lipinski definition) is 2. The van der Waals surface area contributed by atoms with E-state index in [1.165, 1.54) is 11.7 Å². The van der Waals surface area contributed by atoms with Gasteiger partial charge in [0.2, 0.25) is 0 Å². The summed E-state index contributed by atoms with van der Waals surface area (Å²) in [5.74, 6) is 0. The number of aryl methyl sites for hydroxylation is 1. The Labute approximate surface area is 138 Å². The van der Waals surface area contributed by atoms with Crippen molar-refractivity contribution in [1.29, 1.82) is 0 Å². The quantitative estimate of drug-likeness (QED) is 0.772. The van der Waals surface area contributed by atoms with Gasteiger partial charge in [0.05, 0.1) is 12.7 Å². The molecule has 2 unspecified atom stereocenters. The predicted octanol–water partition coefficient (Wildman–Crippen LogP) is 1.17. The Morgan fingerprint density at radius 2 is 2.33 bits per heavy atom. The smallest absolute Gasteiger partial charge is 0.351 e. The van der Waals surface area contributed by atoms with Crippen LogP contribution in [0, 0.1) is 6.92 Å². The average molecular weight is 357 g/mol. The zero-order valence-electron chi connectivity index (χ0n) is 13.6.